The molecule has 92 valence electrons. The molecule has 0 saturated carbocycles. The molecule has 5 nitrogen and oxygen atoms in total. The van der Waals surface area contributed by atoms with Gasteiger partial charge in [0.05, 0.1) is 28.8 Å². The monoisotopic (exact) mass is 256 g/mol. The predicted molar refractivity (Wildman–Crippen MR) is 65.9 cm³/mol. The van der Waals surface area contributed by atoms with Gasteiger partial charge in [0.15, 0.2) is 0 Å². The summed E-state index contributed by atoms with van der Waals surface area (Å²) in [6.45, 7) is 4.56. The van der Waals surface area contributed by atoms with Gasteiger partial charge in [-0.2, -0.15) is 0 Å². The first-order chi connectivity index (χ1) is 8.09. The molecule has 0 amide bonds. The van der Waals surface area contributed by atoms with E-state index in [0.717, 1.165) is 18.8 Å². The lowest BCUT2D eigenvalue weighted by atomic mass is 10.1. The number of hydrogen-bond acceptors (Lipinski definition) is 4. The van der Waals surface area contributed by atoms with Crippen molar-refractivity contribution in [3.63, 3.8) is 0 Å². The van der Waals surface area contributed by atoms with Crippen molar-refractivity contribution in [2.45, 2.75) is 6.92 Å². The summed E-state index contributed by atoms with van der Waals surface area (Å²) >= 11 is 6.09. The van der Waals surface area contributed by atoms with Gasteiger partial charge in [-0.25, -0.2) is 0 Å². The summed E-state index contributed by atoms with van der Waals surface area (Å²) in [5.41, 5.74) is 1.53. The highest BCUT2D eigenvalue weighted by atomic mass is 35.5. The quantitative estimate of drug-likeness (QED) is 0.602. The summed E-state index contributed by atoms with van der Waals surface area (Å²) < 4.78 is 5.26. The van der Waals surface area contributed by atoms with Crippen molar-refractivity contribution in [3.05, 3.63) is 32.8 Å². The van der Waals surface area contributed by atoms with E-state index in [2.05, 4.69) is 4.90 Å². The molecule has 1 aliphatic rings. The van der Waals surface area contributed by atoms with Crippen molar-refractivity contribution < 1.29 is 9.66 Å². The lowest BCUT2D eigenvalue weighted by Gasteiger charge is -2.29. The van der Waals surface area contributed by atoms with Crippen LogP contribution in [0.25, 0.3) is 0 Å². The van der Waals surface area contributed by atoms with E-state index in [4.69, 9.17) is 16.3 Å². The Hall–Kier alpha value is -1.33. The first kappa shape index (κ1) is 12.1. The van der Waals surface area contributed by atoms with Crippen LogP contribution in [-0.2, 0) is 4.74 Å². The molecule has 0 N–H and O–H groups in total. The molecule has 1 aromatic rings. The van der Waals surface area contributed by atoms with Crippen LogP contribution in [-0.4, -0.2) is 31.2 Å². The number of nitro groups is 1. The average molecular weight is 257 g/mol. The number of nitro benzene ring substituents is 1. The van der Waals surface area contributed by atoms with E-state index in [1.807, 2.05) is 0 Å². The molecule has 1 saturated heterocycles. The van der Waals surface area contributed by atoms with Crippen molar-refractivity contribution in [1.29, 1.82) is 0 Å². The zero-order valence-corrected chi connectivity index (χ0v) is 10.2. The fourth-order valence-corrected chi connectivity index (χ4v) is 2.18. The van der Waals surface area contributed by atoms with Gasteiger partial charge in [0.2, 0.25) is 0 Å². The Balaban J connectivity index is 2.35. The van der Waals surface area contributed by atoms with E-state index in [1.54, 1.807) is 13.0 Å². The number of benzene rings is 1. The van der Waals surface area contributed by atoms with Gasteiger partial charge in [0.1, 0.15) is 0 Å². The van der Waals surface area contributed by atoms with E-state index >= 15 is 0 Å². The molecule has 1 heterocycles. The topological polar surface area (TPSA) is 55.6 Å². The Kier molecular flexibility index (Phi) is 3.49. The highest BCUT2D eigenvalue weighted by Gasteiger charge is 2.19. The van der Waals surface area contributed by atoms with Gasteiger partial charge in [-0.3, -0.25) is 10.1 Å². The molecule has 0 aliphatic carbocycles. The van der Waals surface area contributed by atoms with Gasteiger partial charge < -0.3 is 9.64 Å². The number of morpholine rings is 1. The Morgan fingerprint density at radius 1 is 1.41 bits per heavy atom. The van der Waals surface area contributed by atoms with E-state index in [-0.39, 0.29) is 5.69 Å². The minimum atomic E-state index is -0.412. The Morgan fingerprint density at radius 3 is 2.65 bits per heavy atom. The predicted octanol–water partition coefficient (Wildman–Crippen LogP) is 2.39. The minimum absolute atomic E-state index is 0.0620. The second-order valence-electron chi connectivity index (χ2n) is 3.95. The van der Waals surface area contributed by atoms with Gasteiger partial charge in [-0.05, 0) is 13.0 Å². The summed E-state index contributed by atoms with van der Waals surface area (Å²) in [7, 11) is 0. The normalized spacial score (nSPS) is 16.0. The van der Waals surface area contributed by atoms with Crippen molar-refractivity contribution >= 4 is 23.0 Å². The maximum absolute atomic E-state index is 10.8. The van der Waals surface area contributed by atoms with Crippen molar-refractivity contribution in [2.75, 3.05) is 31.2 Å². The number of aryl methyl sites for hydroxylation is 1. The molecule has 17 heavy (non-hydrogen) atoms. The standard InChI is InChI=1S/C11H13ClN2O3/c1-8-6-11(13-2-4-17-5-3-13)9(12)7-10(8)14(15)16/h6-7H,2-5H2,1H3. The number of ether oxygens (including phenoxy) is 1. The van der Waals surface area contributed by atoms with E-state index < -0.39 is 4.92 Å². The molecule has 1 aliphatic heterocycles. The summed E-state index contributed by atoms with van der Waals surface area (Å²) in [6, 6.07) is 3.19. The molecule has 0 unspecified atom stereocenters. The Bertz CT molecular complexity index is 445. The molecule has 2 rings (SSSR count). The van der Waals surface area contributed by atoms with Crippen LogP contribution >= 0.6 is 11.6 Å². The molecule has 1 aromatic carbocycles. The number of anilines is 1. The SMILES string of the molecule is Cc1cc(N2CCOCC2)c(Cl)cc1[N+](=O)[O-]. The maximum atomic E-state index is 10.8. The number of nitrogens with zero attached hydrogens (tertiary/aromatic N) is 2. The van der Waals surface area contributed by atoms with Gasteiger partial charge in [-0.1, -0.05) is 11.6 Å². The highest BCUT2D eigenvalue weighted by Crippen LogP contribution is 2.33. The first-order valence-corrected chi connectivity index (χ1v) is 5.74. The smallest absolute Gasteiger partial charge is 0.273 e. The summed E-state index contributed by atoms with van der Waals surface area (Å²) in [6.07, 6.45) is 0. The molecule has 0 spiro atoms. The van der Waals surface area contributed by atoms with Gasteiger partial charge in [0, 0.05) is 24.7 Å². The summed E-state index contributed by atoms with van der Waals surface area (Å²) in [5.74, 6) is 0. The molecule has 0 bridgehead atoms. The van der Waals surface area contributed by atoms with Crippen LogP contribution in [0.2, 0.25) is 5.02 Å². The fraction of sp³-hybridized carbons (Fsp3) is 0.455. The third-order valence-corrected chi connectivity index (χ3v) is 3.12. The lowest BCUT2D eigenvalue weighted by Crippen LogP contribution is -2.36. The molecule has 0 atom stereocenters. The number of rotatable bonds is 2. The largest absolute Gasteiger partial charge is 0.378 e. The van der Waals surface area contributed by atoms with Crippen molar-refractivity contribution in [2.24, 2.45) is 0 Å². The van der Waals surface area contributed by atoms with Crippen LogP contribution < -0.4 is 4.90 Å². The maximum Gasteiger partial charge on any atom is 0.273 e. The number of halogens is 1. The molecule has 0 radical (unpaired) electrons. The molecular formula is C11H13ClN2O3. The molecule has 1 fully saturated rings. The van der Waals surface area contributed by atoms with Crippen LogP contribution in [0.1, 0.15) is 5.56 Å². The average Bonchev–Trinajstić information content (AvgIpc) is 2.32. The minimum Gasteiger partial charge on any atom is -0.378 e. The molecular weight excluding hydrogens is 244 g/mol. The lowest BCUT2D eigenvalue weighted by molar-refractivity contribution is -0.385. The van der Waals surface area contributed by atoms with Gasteiger partial charge >= 0.3 is 0 Å². The van der Waals surface area contributed by atoms with Crippen LogP contribution in [0.4, 0.5) is 11.4 Å². The van der Waals surface area contributed by atoms with Crippen LogP contribution in [0.3, 0.4) is 0 Å². The molecule has 6 heteroatoms. The number of hydrogen-bond donors (Lipinski definition) is 0. The van der Waals surface area contributed by atoms with Crippen LogP contribution in [0.15, 0.2) is 12.1 Å². The van der Waals surface area contributed by atoms with Gasteiger partial charge in [-0.15, -0.1) is 0 Å². The van der Waals surface area contributed by atoms with Gasteiger partial charge in [0.25, 0.3) is 5.69 Å². The van der Waals surface area contributed by atoms with Crippen LogP contribution in [0.5, 0.6) is 0 Å². The van der Waals surface area contributed by atoms with E-state index in [0.29, 0.717) is 23.8 Å². The summed E-state index contributed by atoms with van der Waals surface area (Å²) in [5, 5.41) is 11.2. The third-order valence-electron chi connectivity index (χ3n) is 2.81. The first-order valence-electron chi connectivity index (χ1n) is 5.37. The third kappa shape index (κ3) is 2.50. The molecule has 0 aromatic heterocycles. The zero-order valence-electron chi connectivity index (χ0n) is 9.48. The Labute approximate surface area is 104 Å². The van der Waals surface area contributed by atoms with Crippen molar-refractivity contribution in [3.8, 4) is 0 Å². The van der Waals surface area contributed by atoms with E-state index in [1.165, 1.54) is 6.07 Å². The van der Waals surface area contributed by atoms with Crippen LogP contribution in [0, 0.1) is 17.0 Å². The highest BCUT2D eigenvalue weighted by molar-refractivity contribution is 6.33. The Morgan fingerprint density at radius 2 is 2.06 bits per heavy atom. The van der Waals surface area contributed by atoms with Crippen molar-refractivity contribution in [1.82, 2.24) is 0 Å². The summed E-state index contributed by atoms with van der Waals surface area (Å²) in [4.78, 5) is 12.4. The zero-order chi connectivity index (χ0) is 12.4. The second-order valence-corrected chi connectivity index (χ2v) is 4.35. The second kappa shape index (κ2) is 4.89. The van der Waals surface area contributed by atoms with E-state index in [9.17, 15) is 10.1 Å². The fourth-order valence-electron chi connectivity index (χ4n) is 1.90.